The van der Waals surface area contributed by atoms with E-state index in [4.69, 9.17) is 11.6 Å². The van der Waals surface area contributed by atoms with E-state index < -0.39 is 10.8 Å². The molecule has 21 heavy (non-hydrogen) atoms. The number of benzene rings is 1. The largest absolute Gasteiger partial charge is 0.336 e. The zero-order chi connectivity index (χ0) is 15.4. The molecule has 0 N–H and O–H groups in total. The van der Waals surface area contributed by atoms with Gasteiger partial charge in [-0.2, -0.15) is 0 Å². The number of nitro benzene ring substituents is 1. The Balaban J connectivity index is 2.18. The fourth-order valence-corrected chi connectivity index (χ4v) is 1.87. The minimum Gasteiger partial charge on any atom is -0.336 e. The van der Waals surface area contributed by atoms with Crippen LogP contribution in [0, 0.1) is 10.1 Å². The predicted molar refractivity (Wildman–Crippen MR) is 75.9 cm³/mol. The van der Waals surface area contributed by atoms with E-state index in [9.17, 15) is 14.9 Å². The van der Waals surface area contributed by atoms with Crippen LogP contribution >= 0.6 is 11.6 Å². The van der Waals surface area contributed by atoms with E-state index in [0.29, 0.717) is 5.56 Å². The van der Waals surface area contributed by atoms with Gasteiger partial charge in [0, 0.05) is 18.7 Å². The van der Waals surface area contributed by atoms with E-state index in [2.05, 4.69) is 9.97 Å². The van der Waals surface area contributed by atoms with Crippen molar-refractivity contribution in [1.29, 1.82) is 0 Å². The summed E-state index contributed by atoms with van der Waals surface area (Å²) >= 11 is 5.61. The van der Waals surface area contributed by atoms with Gasteiger partial charge in [0.15, 0.2) is 0 Å². The van der Waals surface area contributed by atoms with E-state index >= 15 is 0 Å². The number of para-hydroxylation sites is 1. The zero-order valence-electron chi connectivity index (χ0n) is 11.1. The van der Waals surface area contributed by atoms with Crippen molar-refractivity contribution in [2.75, 3.05) is 7.05 Å². The monoisotopic (exact) mass is 306 g/mol. The highest BCUT2D eigenvalue weighted by atomic mass is 35.5. The van der Waals surface area contributed by atoms with Gasteiger partial charge in [0.2, 0.25) is 0 Å². The summed E-state index contributed by atoms with van der Waals surface area (Å²) in [6.45, 7) is 0.0975. The van der Waals surface area contributed by atoms with Crippen LogP contribution in [-0.4, -0.2) is 32.7 Å². The molecule has 1 heterocycles. The van der Waals surface area contributed by atoms with Gasteiger partial charge in [-0.05, 0) is 0 Å². The molecule has 0 aliphatic rings. The summed E-state index contributed by atoms with van der Waals surface area (Å²) in [5, 5.41) is 11.1. The van der Waals surface area contributed by atoms with Gasteiger partial charge in [-0.3, -0.25) is 14.9 Å². The normalized spacial score (nSPS) is 10.2. The standard InChI is InChI=1S/C13H11ClN4O3/c1-17(13(19)10-6-16-12(14)7-15-10)8-9-4-2-3-5-11(9)18(20)21/h2-7H,8H2,1H3. The Morgan fingerprint density at radius 2 is 2.05 bits per heavy atom. The van der Waals surface area contributed by atoms with Gasteiger partial charge in [0.25, 0.3) is 11.6 Å². The number of hydrogen-bond acceptors (Lipinski definition) is 5. The number of nitrogens with zero attached hydrogens (tertiary/aromatic N) is 4. The van der Waals surface area contributed by atoms with Crippen LogP contribution in [-0.2, 0) is 6.54 Å². The summed E-state index contributed by atoms with van der Waals surface area (Å²) in [6, 6.07) is 6.27. The molecule has 0 bridgehead atoms. The van der Waals surface area contributed by atoms with Gasteiger partial charge in [-0.25, -0.2) is 9.97 Å². The molecule has 0 saturated carbocycles. The van der Waals surface area contributed by atoms with Crippen molar-refractivity contribution < 1.29 is 9.72 Å². The Bertz CT molecular complexity index is 675. The third kappa shape index (κ3) is 3.51. The molecule has 0 aliphatic heterocycles. The lowest BCUT2D eigenvalue weighted by Crippen LogP contribution is -2.27. The minimum atomic E-state index is -0.476. The Morgan fingerprint density at radius 1 is 1.33 bits per heavy atom. The van der Waals surface area contributed by atoms with E-state index in [0.717, 1.165) is 0 Å². The van der Waals surface area contributed by atoms with Gasteiger partial charge < -0.3 is 4.90 Å². The minimum absolute atomic E-state index is 0.0284. The van der Waals surface area contributed by atoms with E-state index in [1.165, 1.54) is 30.4 Å². The molecule has 0 spiro atoms. The first kappa shape index (κ1) is 14.9. The first-order valence-corrected chi connectivity index (χ1v) is 6.32. The molecule has 7 nitrogen and oxygen atoms in total. The van der Waals surface area contributed by atoms with Crippen molar-refractivity contribution in [2.24, 2.45) is 0 Å². The quantitative estimate of drug-likeness (QED) is 0.638. The van der Waals surface area contributed by atoms with Gasteiger partial charge in [0.1, 0.15) is 10.8 Å². The van der Waals surface area contributed by atoms with Gasteiger partial charge in [0.05, 0.1) is 23.9 Å². The van der Waals surface area contributed by atoms with Crippen LogP contribution in [0.4, 0.5) is 5.69 Å². The molecule has 108 valence electrons. The summed E-state index contributed by atoms with van der Waals surface area (Å²) in [7, 11) is 1.54. The molecule has 0 fully saturated rings. The number of carbonyl (C=O) groups excluding carboxylic acids is 1. The van der Waals surface area contributed by atoms with Crippen LogP contribution in [0.5, 0.6) is 0 Å². The van der Waals surface area contributed by atoms with Crippen molar-refractivity contribution in [3.05, 3.63) is 63.2 Å². The number of carbonyl (C=O) groups is 1. The number of halogens is 1. The lowest BCUT2D eigenvalue weighted by Gasteiger charge is -2.16. The Kier molecular flexibility index (Phi) is 4.44. The van der Waals surface area contributed by atoms with Crippen molar-refractivity contribution in [3.63, 3.8) is 0 Å². The molecule has 0 saturated heterocycles. The zero-order valence-corrected chi connectivity index (χ0v) is 11.8. The van der Waals surface area contributed by atoms with Crippen molar-refractivity contribution in [3.8, 4) is 0 Å². The van der Waals surface area contributed by atoms with E-state index in [1.807, 2.05) is 0 Å². The van der Waals surface area contributed by atoms with Crippen molar-refractivity contribution in [1.82, 2.24) is 14.9 Å². The van der Waals surface area contributed by atoms with Crippen LogP contribution in [0.2, 0.25) is 5.15 Å². The highest BCUT2D eigenvalue weighted by Crippen LogP contribution is 2.19. The fourth-order valence-electron chi connectivity index (χ4n) is 1.77. The topological polar surface area (TPSA) is 89.2 Å². The number of aromatic nitrogens is 2. The molecule has 1 aromatic heterocycles. The van der Waals surface area contributed by atoms with E-state index in [-0.39, 0.29) is 23.1 Å². The molecular formula is C13H11ClN4O3. The maximum atomic E-state index is 12.2. The Labute approximate surface area is 125 Å². The second-order valence-corrected chi connectivity index (χ2v) is 4.66. The summed E-state index contributed by atoms with van der Waals surface area (Å²) in [4.78, 5) is 31.6. The molecule has 0 atom stereocenters. The molecule has 0 radical (unpaired) electrons. The maximum absolute atomic E-state index is 12.2. The molecule has 1 amide bonds. The smallest absolute Gasteiger partial charge is 0.274 e. The summed E-state index contributed by atoms with van der Waals surface area (Å²) < 4.78 is 0. The molecular weight excluding hydrogens is 296 g/mol. The number of amides is 1. The van der Waals surface area contributed by atoms with Gasteiger partial charge in [-0.15, -0.1) is 0 Å². The maximum Gasteiger partial charge on any atom is 0.274 e. The third-order valence-electron chi connectivity index (χ3n) is 2.78. The van der Waals surface area contributed by atoms with Crippen molar-refractivity contribution >= 4 is 23.2 Å². The fraction of sp³-hybridized carbons (Fsp3) is 0.154. The average Bonchev–Trinajstić information content (AvgIpc) is 2.47. The number of rotatable bonds is 4. The van der Waals surface area contributed by atoms with Crippen LogP contribution in [0.3, 0.4) is 0 Å². The van der Waals surface area contributed by atoms with Crippen molar-refractivity contribution in [2.45, 2.75) is 6.54 Å². The molecule has 8 heteroatoms. The highest BCUT2D eigenvalue weighted by molar-refractivity contribution is 6.29. The SMILES string of the molecule is CN(Cc1ccccc1[N+](=O)[O-])C(=O)c1cnc(Cl)cn1. The summed E-state index contributed by atoms with van der Waals surface area (Å²) in [5.74, 6) is -0.391. The second kappa shape index (κ2) is 6.27. The van der Waals surface area contributed by atoms with Crippen LogP contribution in [0.15, 0.2) is 36.7 Å². The van der Waals surface area contributed by atoms with E-state index in [1.54, 1.807) is 18.2 Å². The lowest BCUT2D eigenvalue weighted by molar-refractivity contribution is -0.385. The second-order valence-electron chi connectivity index (χ2n) is 4.27. The molecule has 2 aromatic rings. The predicted octanol–water partition coefficient (Wildman–Crippen LogP) is 2.31. The van der Waals surface area contributed by atoms with Gasteiger partial charge >= 0.3 is 0 Å². The third-order valence-corrected chi connectivity index (χ3v) is 2.98. The van der Waals surface area contributed by atoms with Gasteiger partial charge in [-0.1, -0.05) is 29.8 Å². The van der Waals surface area contributed by atoms with Crippen LogP contribution in [0.25, 0.3) is 0 Å². The molecule has 2 rings (SSSR count). The number of nitro groups is 1. The lowest BCUT2D eigenvalue weighted by atomic mass is 10.1. The average molecular weight is 307 g/mol. The molecule has 0 aliphatic carbocycles. The first-order valence-electron chi connectivity index (χ1n) is 5.94. The van der Waals surface area contributed by atoms with Crippen LogP contribution < -0.4 is 0 Å². The summed E-state index contributed by atoms with van der Waals surface area (Å²) in [5.41, 5.74) is 0.542. The van der Waals surface area contributed by atoms with Crippen LogP contribution in [0.1, 0.15) is 16.1 Å². The Morgan fingerprint density at radius 3 is 2.67 bits per heavy atom. The number of hydrogen-bond donors (Lipinski definition) is 0. The molecule has 0 unspecified atom stereocenters. The molecule has 1 aromatic carbocycles. The first-order chi connectivity index (χ1) is 9.99. The Hall–Kier alpha value is -2.54. The highest BCUT2D eigenvalue weighted by Gasteiger charge is 2.18. The summed E-state index contributed by atoms with van der Waals surface area (Å²) in [6.07, 6.45) is 2.54.